The first kappa shape index (κ1) is 22.8. The maximum Gasteiger partial charge on any atom is 0.212 e. The van der Waals surface area contributed by atoms with E-state index in [0.29, 0.717) is 0 Å². The Hall–Kier alpha value is -1.85. The highest BCUT2D eigenvalue weighted by Gasteiger charge is 2.12. The minimum Gasteiger partial charge on any atom is -1.00 e. The third-order valence-electron chi connectivity index (χ3n) is 5.29. The molecule has 0 saturated heterocycles. The number of unbranched alkanes of at least 4 members (excludes halogenated alkanes) is 2. The molecule has 3 heteroatoms. The smallest absolute Gasteiger partial charge is 0.212 e. The zero-order valence-electron chi connectivity index (χ0n) is 17.4. The normalized spacial score (nSPS) is 10.7. The van der Waals surface area contributed by atoms with Gasteiger partial charge in [-0.3, -0.25) is 0 Å². The molecule has 0 N–H and O–H groups in total. The number of hydrogen-bond acceptors (Lipinski definition) is 1. The lowest BCUT2D eigenvalue weighted by atomic mass is 10.1. The van der Waals surface area contributed by atoms with Gasteiger partial charge in [0.2, 0.25) is 5.52 Å². The molecule has 0 aliphatic rings. The van der Waals surface area contributed by atoms with Crippen molar-refractivity contribution in [1.29, 1.82) is 0 Å². The van der Waals surface area contributed by atoms with Gasteiger partial charge in [-0.05, 0) is 56.0 Å². The molecule has 0 saturated carbocycles. The summed E-state index contributed by atoms with van der Waals surface area (Å²) in [6, 6.07) is 30.7. The Labute approximate surface area is 201 Å². The molecule has 0 bridgehead atoms. The Balaban J connectivity index is 0.00000256. The van der Waals surface area contributed by atoms with Crippen molar-refractivity contribution in [1.82, 2.24) is 0 Å². The molecule has 0 aliphatic heterocycles. The van der Waals surface area contributed by atoms with Crippen LogP contribution in [0.2, 0.25) is 0 Å². The summed E-state index contributed by atoms with van der Waals surface area (Å²) in [5.74, 6) is 0. The molecule has 1 nitrogen and oxygen atoms in total. The van der Waals surface area contributed by atoms with Crippen LogP contribution in [-0.2, 0) is 13.0 Å². The second kappa shape index (κ2) is 11.5. The summed E-state index contributed by atoms with van der Waals surface area (Å²) in [7, 11) is 0. The highest BCUT2D eigenvalue weighted by atomic mass is 127. The summed E-state index contributed by atoms with van der Waals surface area (Å²) in [5.41, 5.74) is 4.07. The lowest BCUT2D eigenvalue weighted by molar-refractivity contribution is -0.673. The Morgan fingerprint density at radius 2 is 1.47 bits per heavy atom. The van der Waals surface area contributed by atoms with Crippen LogP contribution in [0.1, 0.15) is 30.4 Å². The lowest BCUT2D eigenvalue weighted by Gasteiger charge is -2.06. The van der Waals surface area contributed by atoms with Gasteiger partial charge in [0, 0.05) is 22.8 Å². The highest BCUT2D eigenvalue weighted by molar-refractivity contribution is 7.99. The van der Waals surface area contributed by atoms with Crippen LogP contribution in [-0.4, -0.2) is 0 Å². The topological polar surface area (TPSA) is 3.88 Å². The molecule has 1 heterocycles. The van der Waals surface area contributed by atoms with Gasteiger partial charge in [0.15, 0.2) is 6.20 Å². The first-order chi connectivity index (χ1) is 14.3. The molecule has 4 rings (SSSR count). The van der Waals surface area contributed by atoms with Gasteiger partial charge in [-0.1, -0.05) is 71.9 Å². The molecule has 154 valence electrons. The molecule has 1 aromatic heterocycles. The first-order valence-corrected chi connectivity index (χ1v) is 11.3. The maximum atomic E-state index is 2.44. The molecule has 0 atom stereocenters. The van der Waals surface area contributed by atoms with Crippen LogP contribution in [0.4, 0.5) is 0 Å². The van der Waals surface area contributed by atoms with Crippen LogP contribution in [0.5, 0.6) is 0 Å². The Bertz CT molecular complexity index is 1060. The summed E-state index contributed by atoms with van der Waals surface area (Å²) >= 11 is 1.85. The molecular weight excluding hydrogens is 497 g/mol. The van der Waals surface area contributed by atoms with Gasteiger partial charge in [0.1, 0.15) is 6.54 Å². The van der Waals surface area contributed by atoms with Gasteiger partial charge in [-0.25, -0.2) is 0 Å². The third-order valence-corrected chi connectivity index (χ3v) is 6.26. The van der Waals surface area contributed by atoms with E-state index in [1.54, 1.807) is 0 Å². The van der Waals surface area contributed by atoms with E-state index in [1.165, 1.54) is 57.5 Å². The van der Waals surface area contributed by atoms with Crippen molar-refractivity contribution >= 4 is 22.7 Å². The molecule has 4 aromatic rings. The van der Waals surface area contributed by atoms with E-state index in [-0.39, 0.29) is 24.0 Å². The van der Waals surface area contributed by atoms with Crippen molar-refractivity contribution in [3.8, 4) is 0 Å². The first-order valence-electron chi connectivity index (χ1n) is 10.5. The zero-order chi connectivity index (χ0) is 19.9. The number of aryl methyl sites for hydroxylation is 3. The number of hydrogen-bond donors (Lipinski definition) is 0. The number of pyridine rings is 1. The van der Waals surface area contributed by atoms with Gasteiger partial charge in [0.05, 0.1) is 4.90 Å². The van der Waals surface area contributed by atoms with Crippen LogP contribution >= 0.6 is 11.8 Å². The summed E-state index contributed by atoms with van der Waals surface area (Å²) < 4.78 is 2.44. The third kappa shape index (κ3) is 6.32. The van der Waals surface area contributed by atoms with Crippen LogP contribution in [0.15, 0.2) is 101 Å². The van der Waals surface area contributed by atoms with Gasteiger partial charge in [0.25, 0.3) is 0 Å². The molecule has 3 aromatic carbocycles. The van der Waals surface area contributed by atoms with E-state index in [4.69, 9.17) is 0 Å². The number of halogens is 1. The fourth-order valence-electron chi connectivity index (χ4n) is 3.70. The minimum atomic E-state index is 0. The van der Waals surface area contributed by atoms with Gasteiger partial charge in [-0.2, -0.15) is 4.57 Å². The second-order valence-corrected chi connectivity index (χ2v) is 8.79. The number of aromatic nitrogens is 1. The number of fused-ring (bicyclic) bond motifs is 1. The maximum absolute atomic E-state index is 2.44. The molecule has 0 fully saturated rings. The highest BCUT2D eigenvalue weighted by Crippen LogP contribution is 2.28. The van der Waals surface area contributed by atoms with Crippen molar-refractivity contribution in [2.45, 2.75) is 48.9 Å². The van der Waals surface area contributed by atoms with Crippen molar-refractivity contribution in [3.05, 3.63) is 102 Å². The van der Waals surface area contributed by atoms with E-state index in [2.05, 4.69) is 103 Å². The SMILES string of the molecule is Cc1ccc(Sc2cc3ccccc3[n+](CCCCCc3ccccc3)c2)cc1.[I-]. The Kier molecular flexibility index (Phi) is 8.76. The molecule has 0 radical (unpaired) electrons. The predicted molar refractivity (Wildman–Crippen MR) is 123 cm³/mol. The fraction of sp³-hybridized carbons (Fsp3) is 0.222. The van der Waals surface area contributed by atoms with Crippen molar-refractivity contribution in [2.24, 2.45) is 0 Å². The van der Waals surface area contributed by atoms with E-state index < -0.39 is 0 Å². The number of nitrogens with zero attached hydrogens (tertiary/aromatic N) is 1. The summed E-state index contributed by atoms with van der Waals surface area (Å²) in [6.45, 7) is 3.20. The standard InChI is InChI=1S/C27H28NS.HI/c1-22-15-17-25(18-16-22)29-26-20-24-13-7-8-14-27(24)28(21-26)19-9-3-6-12-23-10-4-2-5-11-23;/h2,4-5,7-8,10-11,13-18,20-21H,3,6,9,12,19H2,1H3;1H/q+1;/p-1. The van der Waals surface area contributed by atoms with E-state index in [0.717, 1.165) is 6.54 Å². The fourth-order valence-corrected chi connectivity index (χ4v) is 4.61. The zero-order valence-corrected chi connectivity index (χ0v) is 20.4. The molecular formula is C27H28INS. The van der Waals surface area contributed by atoms with Crippen LogP contribution in [0.3, 0.4) is 0 Å². The second-order valence-electron chi connectivity index (χ2n) is 7.64. The number of para-hydroxylation sites is 1. The number of benzene rings is 3. The largest absolute Gasteiger partial charge is 1.00 e. The van der Waals surface area contributed by atoms with Crippen molar-refractivity contribution in [3.63, 3.8) is 0 Å². The molecule has 0 amide bonds. The van der Waals surface area contributed by atoms with Crippen LogP contribution in [0, 0.1) is 6.92 Å². The van der Waals surface area contributed by atoms with E-state index in [9.17, 15) is 0 Å². The van der Waals surface area contributed by atoms with E-state index >= 15 is 0 Å². The molecule has 30 heavy (non-hydrogen) atoms. The molecule has 0 unspecified atom stereocenters. The average molecular weight is 525 g/mol. The van der Waals surface area contributed by atoms with Gasteiger partial charge >= 0.3 is 0 Å². The Morgan fingerprint density at radius 1 is 0.733 bits per heavy atom. The summed E-state index contributed by atoms with van der Waals surface area (Å²) in [5, 5.41) is 1.31. The van der Waals surface area contributed by atoms with Crippen molar-refractivity contribution in [2.75, 3.05) is 0 Å². The van der Waals surface area contributed by atoms with Crippen LogP contribution < -0.4 is 28.5 Å². The predicted octanol–water partition coefficient (Wildman–Crippen LogP) is 4.00. The summed E-state index contributed by atoms with van der Waals surface area (Å²) in [4.78, 5) is 2.59. The number of rotatable bonds is 8. The molecule has 0 aliphatic carbocycles. The minimum absolute atomic E-state index is 0. The van der Waals surface area contributed by atoms with Gasteiger partial charge < -0.3 is 24.0 Å². The van der Waals surface area contributed by atoms with Gasteiger partial charge in [-0.15, -0.1) is 0 Å². The van der Waals surface area contributed by atoms with Crippen molar-refractivity contribution < 1.29 is 28.5 Å². The lowest BCUT2D eigenvalue weighted by Crippen LogP contribution is -3.00. The monoisotopic (exact) mass is 525 g/mol. The summed E-state index contributed by atoms with van der Waals surface area (Å²) in [6.07, 6.45) is 7.21. The molecule has 0 spiro atoms. The Morgan fingerprint density at radius 3 is 2.27 bits per heavy atom. The quantitative estimate of drug-likeness (QED) is 0.191. The average Bonchev–Trinajstić information content (AvgIpc) is 2.76. The van der Waals surface area contributed by atoms with E-state index in [1.807, 2.05) is 11.8 Å². The van der Waals surface area contributed by atoms with Crippen LogP contribution in [0.25, 0.3) is 10.9 Å².